The van der Waals surface area contributed by atoms with Crippen molar-refractivity contribution in [3.63, 3.8) is 0 Å². The number of aromatic nitrogens is 2. The summed E-state index contributed by atoms with van der Waals surface area (Å²) in [5.74, 6) is -0.201. The summed E-state index contributed by atoms with van der Waals surface area (Å²) in [6, 6.07) is 15.4. The van der Waals surface area contributed by atoms with E-state index in [1.807, 2.05) is 48.5 Å². The summed E-state index contributed by atoms with van der Waals surface area (Å²) in [5.41, 5.74) is 3.74. The minimum absolute atomic E-state index is 0.108. The summed E-state index contributed by atoms with van der Waals surface area (Å²) in [7, 11) is 0. The van der Waals surface area contributed by atoms with Gasteiger partial charge in [0, 0.05) is 0 Å². The molecule has 0 saturated heterocycles. The highest BCUT2D eigenvalue weighted by Crippen LogP contribution is 2.33. The van der Waals surface area contributed by atoms with E-state index in [4.69, 9.17) is 0 Å². The van der Waals surface area contributed by atoms with Gasteiger partial charge in [0.25, 0.3) is 0 Å². The van der Waals surface area contributed by atoms with Crippen LogP contribution < -0.4 is 5.32 Å². The molecule has 5 heteroatoms. The molecule has 24 heavy (non-hydrogen) atoms. The second-order valence-corrected chi connectivity index (χ2v) is 6.31. The van der Waals surface area contributed by atoms with E-state index in [2.05, 4.69) is 15.3 Å². The molecule has 2 atom stereocenters. The summed E-state index contributed by atoms with van der Waals surface area (Å²) >= 11 is 0. The Labute approximate surface area is 139 Å². The second kappa shape index (κ2) is 6.09. The number of hydrogen-bond acceptors (Lipinski definition) is 3. The van der Waals surface area contributed by atoms with Gasteiger partial charge in [-0.25, -0.2) is 4.98 Å². The molecular weight excluding hydrogens is 302 g/mol. The van der Waals surface area contributed by atoms with E-state index in [1.54, 1.807) is 6.33 Å². The lowest BCUT2D eigenvalue weighted by Gasteiger charge is -2.21. The van der Waals surface area contributed by atoms with Crippen molar-refractivity contribution in [3.05, 3.63) is 66.0 Å². The molecule has 1 aromatic heterocycles. The predicted octanol–water partition coefficient (Wildman–Crippen LogP) is 2.54. The molecule has 1 amide bonds. The van der Waals surface area contributed by atoms with Gasteiger partial charge >= 0.3 is 0 Å². The zero-order chi connectivity index (χ0) is 16.5. The first kappa shape index (κ1) is 14.9. The minimum atomic E-state index is -0.924. The number of carbonyl (C=O) groups is 1. The normalized spacial score (nSPS) is 16.7. The molecule has 1 saturated carbocycles. The first-order chi connectivity index (χ1) is 11.7. The van der Waals surface area contributed by atoms with Crippen molar-refractivity contribution in [1.82, 2.24) is 15.3 Å². The number of nitrogens with one attached hydrogen (secondary N) is 2. The molecule has 0 bridgehead atoms. The highest BCUT2D eigenvalue weighted by atomic mass is 16.3. The number of imidazole rings is 1. The fourth-order valence-corrected chi connectivity index (χ4v) is 2.99. The van der Waals surface area contributed by atoms with E-state index in [9.17, 15) is 9.90 Å². The van der Waals surface area contributed by atoms with Crippen molar-refractivity contribution in [2.24, 2.45) is 5.92 Å². The van der Waals surface area contributed by atoms with Crippen LogP contribution in [0.2, 0.25) is 0 Å². The number of benzene rings is 2. The van der Waals surface area contributed by atoms with Crippen LogP contribution in [0.1, 0.15) is 30.0 Å². The van der Waals surface area contributed by atoms with Gasteiger partial charge in [0.2, 0.25) is 5.91 Å². The number of aliphatic hydroxyl groups excluding tert-OH is 1. The number of rotatable bonds is 5. The maximum absolute atomic E-state index is 12.4. The molecule has 4 rings (SSSR count). The lowest BCUT2D eigenvalue weighted by atomic mass is 9.97. The summed E-state index contributed by atoms with van der Waals surface area (Å²) in [6.45, 7) is 0. The zero-order valence-electron chi connectivity index (χ0n) is 13.1. The third kappa shape index (κ3) is 2.90. The molecule has 0 spiro atoms. The highest BCUT2D eigenvalue weighted by Gasteiger charge is 2.35. The van der Waals surface area contributed by atoms with Crippen molar-refractivity contribution in [3.8, 4) is 0 Å². The Morgan fingerprint density at radius 2 is 1.96 bits per heavy atom. The fraction of sp³-hybridized carbons (Fsp3) is 0.263. The number of hydrogen-bond donors (Lipinski definition) is 3. The third-order valence-corrected chi connectivity index (χ3v) is 4.53. The number of amides is 1. The first-order valence-corrected chi connectivity index (χ1v) is 8.19. The van der Waals surface area contributed by atoms with Gasteiger partial charge in [-0.2, -0.15) is 0 Å². The van der Waals surface area contributed by atoms with Crippen LogP contribution in [0.25, 0.3) is 11.0 Å². The molecule has 0 radical (unpaired) electrons. The SMILES string of the molecule is O=C(NC(c1ccccc1)c1ccc2nc[nH]c2c1)C(O)C1CC1. The van der Waals surface area contributed by atoms with E-state index in [0.717, 1.165) is 35.0 Å². The third-order valence-electron chi connectivity index (χ3n) is 4.53. The van der Waals surface area contributed by atoms with Gasteiger partial charge in [0.1, 0.15) is 6.10 Å². The number of H-pyrrole nitrogens is 1. The van der Waals surface area contributed by atoms with Crippen LogP contribution in [0.4, 0.5) is 0 Å². The van der Waals surface area contributed by atoms with Crippen LogP contribution in [0.5, 0.6) is 0 Å². The fourth-order valence-electron chi connectivity index (χ4n) is 2.99. The first-order valence-electron chi connectivity index (χ1n) is 8.19. The van der Waals surface area contributed by atoms with Gasteiger partial charge in [0.05, 0.1) is 23.4 Å². The molecule has 122 valence electrons. The van der Waals surface area contributed by atoms with Gasteiger partial charge in [0.15, 0.2) is 0 Å². The number of aromatic amines is 1. The van der Waals surface area contributed by atoms with Crippen LogP contribution in [0.3, 0.4) is 0 Å². The van der Waals surface area contributed by atoms with E-state index in [0.29, 0.717) is 0 Å². The summed E-state index contributed by atoms with van der Waals surface area (Å²) < 4.78 is 0. The van der Waals surface area contributed by atoms with Gasteiger partial charge < -0.3 is 15.4 Å². The Kier molecular flexibility index (Phi) is 3.78. The monoisotopic (exact) mass is 321 g/mol. The number of nitrogens with zero attached hydrogens (tertiary/aromatic N) is 1. The lowest BCUT2D eigenvalue weighted by molar-refractivity contribution is -0.130. The van der Waals surface area contributed by atoms with Crippen LogP contribution in [-0.2, 0) is 4.79 Å². The number of fused-ring (bicyclic) bond motifs is 1. The molecule has 3 aromatic rings. The summed E-state index contributed by atoms with van der Waals surface area (Å²) in [6.07, 6.45) is 2.57. The van der Waals surface area contributed by atoms with Crippen LogP contribution >= 0.6 is 0 Å². The van der Waals surface area contributed by atoms with Gasteiger partial charge in [-0.05, 0) is 42.0 Å². The zero-order valence-corrected chi connectivity index (χ0v) is 13.1. The second-order valence-electron chi connectivity index (χ2n) is 6.31. The molecule has 0 aliphatic heterocycles. The topological polar surface area (TPSA) is 78.0 Å². The Hall–Kier alpha value is -2.66. The highest BCUT2D eigenvalue weighted by molar-refractivity contribution is 5.82. The molecule has 5 nitrogen and oxygen atoms in total. The summed E-state index contributed by atoms with van der Waals surface area (Å²) in [5, 5.41) is 13.1. The molecule has 1 aliphatic carbocycles. The Morgan fingerprint density at radius 1 is 1.17 bits per heavy atom. The van der Waals surface area contributed by atoms with E-state index in [1.165, 1.54) is 0 Å². The predicted molar refractivity (Wildman–Crippen MR) is 91.3 cm³/mol. The standard InChI is InChI=1S/C19H19N3O2/c23-18(13-6-7-13)19(24)22-17(12-4-2-1-3-5-12)14-8-9-15-16(10-14)21-11-20-15/h1-5,8-11,13,17-18,23H,6-7H2,(H,20,21)(H,22,24). The number of aliphatic hydroxyl groups is 1. The van der Waals surface area contributed by atoms with Crippen LogP contribution in [-0.4, -0.2) is 27.1 Å². The quantitative estimate of drug-likeness (QED) is 0.676. The molecule has 1 heterocycles. The Morgan fingerprint density at radius 3 is 2.71 bits per heavy atom. The Bertz CT molecular complexity index is 855. The van der Waals surface area contributed by atoms with Crippen molar-refractivity contribution in [2.75, 3.05) is 0 Å². The van der Waals surface area contributed by atoms with Crippen molar-refractivity contribution in [1.29, 1.82) is 0 Å². The maximum Gasteiger partial charge on any atom is 0.249 e. The van der Waals surface area contributed by atoms with Crippen molar-refractivity contribution >= 4 is 16.9 Å². The smallest absolute Gasteiger partial charge is 0.249 e. The van der Waals surface area contributed by atoms with E-state index < -0.39 is 6.10 Å². The molecule has 2 unspecified atom stereocenters. The van der Waals surface area contributed by atoms with E-state index >= 15 is 0 Å². The maximum atomic E-state index is 12.4. The van der Waals surface area contributed by atoms with E-state index in [-0.39, 0.29) is 17.9 Å². The molecule has 2 aromatic carbocycles. The summed E-state index contributed by atoms with van der Waals surface area (Å²) in [4.78, 5) is 19.7. The van der Waals surface area contributed by atoms with Crippen LogP contribution in [0, 0.1) is 5.92 Å². The van der Waals surface area contributed by atoms with Gasteiger partial charge in [-0.1, -0.05) is 36.4 Å². The van der Waals surface area contributed by atoms with Crippen LogP contribution in [0.15, 0.2) is 54.9 Å². The van der Waals surface area contributed by atoms with Crippen molar-refractivity contribution in [2.45, 2.75) is 25.0 Å². The van der Waals surface area contributed by atoms with Crippen molar-refractivity contribution < 1.29 is 9.90 Å². The average Bonchev–Trinajstić information content (AvgIpc) is 3.36. The van der Waals surface area contributed by atoms with Gasteiger partial charge in [-0.3, -0.25) is 4.79 Å². The molecule has 3 N–H and O–H groups in total. The Balaban J connectivity index is 1.68. The average molecular weight is 321 g/mol. The molecular formula is C19H19N3O2. The molecule has 1 aliphatic rings. The minimum Gasteiger partial charge on any atom is -0.383 e. The molecule has 1 fully saturated rings. The van der Waals surface area contributed by atoms with Gasteiger partial charge in [-0.15, -0.1) is 0 Å². The number of carbonyl (C=O) groups excluding carboxylic acids is 1. The lowest BCUT2D eigenvalue weighted by Crippen LogP contribution is -2.38. The largest absolute Gasteiger partial charge is 0.383 e.